The minimum Gasteiger partial charge on any atom is -0.465 e. The summed E-state index contributed by atoms with van der Waals surface area (Å²) in [6.07, 6.45) is 3.35. The third-order valence-corrected chi connectivity index (χ3v) is 6.51. The summed E-state index contributed by atoms with van der Waals surface area (Å²) in [5, 5.41) is 3.24. The Kier molecular flexibility index (Phi) is 6.94. The van der Waals surface area contributed by atoms with Crippen LogP contribution in [0.4, 0.5) is 0 Å². The molecule has 9 heteroatoms. The Labute approximate surface area is 165 Å². The van der Waals surface area contributed by atoms with E-state index in [1.54, 1.807) is 31.5 Å². The van der Waals surface area contributed by atoms with Crippen molar-refractivity contribution >= 4 is 28.4 Å². The lowest BCUT2D eigenvalue weighted by atomic mass is 10.1. The summed E-state index contributed by atoms with van der Waals surface area (Å²) in [7, 11) is -2.43. The second-order valence-electron chi connectivity index (χ2n) is 6.09. The molecule has 0 amide bonds. The van der Waals surface area contributed by atoms with Gasteiger partial charge in [0.25, 0.3) is 0 Å². The Hall–Kier alpha value is -2.00. The summed E-state index contributed by atoms with van der Waals surface area (Å²) < 4.78 is 32.8. The number of carbonyl (C=O) groups excluding carboxylic acids is 1. The molecular formula is C18H22ClN3O4S. The highest BCUT2D eigenvalue weighted by Gasteiger charge is 2.35. The number of hydrogen-bond donors (Lipinski definition) is 1. The van der Waals surface area contributed by atoms with E-state index in [1.807, 2.05) is 6.07 Å². The van der Waals surface area contributed by atoms with Gasteiger partial charge in [-0.05, 0) is 42.3 Å². The fourth-order valence-corrected chi connectivity index (χ4v) is 4.96. The Morgan fingerprint density at radius 2 is 2.11 bits per heavy atom. The van der Waals surface area contributed by atoms with E-state index in [-0.39, 0.29) is 23.3 Å². The molecule has 27 heavy (non-hydrogen) atoms. The predicted molar refractivity (Wildman–Crippen MR) is 104 cm³/mol. The molecule has 1 N–H and O–H groups in total. The lowest BCUT2D eigenvalue weighted by molar-refractivity contribution is 0.0600. The van der Waals surface area contributed by atoms with Gasteiger partial charge in [0.2, 0.25) is 10.0 Å². The van der Waals surface area contributed by atoms with E-state index in [0.29, 0.717) is 30.8 Å². The molecule has 1 unspecified atom stereocenters. The number of methoxy groups -OCH3 is 1. The van der Waals surface area contributed by atoms with Gasteiger partial charge in [0, 0.05) is 32.0 Å². The molecule has 0 saturated carbocycles. The summed E-state index contributed by atoms with van der Waals surface area (Å²) in [4.78, 5) is 16.0. The molecular weight excluding hydrogens is 390 g/mol. The quantitative estimate of drug-likeness (QED) is 0.773. The van der Waals surface area contributed by atoms with Crippen molar-refractivity contribution in [2.45, 2.75) is 17.9 Å². The van der Waals surface area contributed by atoms with Crippen LogP contribution in [0.2, 0.25) is 0 Å². The Balaban J connectivity index is 0.00000261. The molecule has 1 aliphatic rings. The number of sulfonamides is 1. The van der Waals surface area contributed by atoms with E-state index in [2.05, 4.69) is 10.3 Å². The van der Waals surface area contributed by atoms with Crippen LogP contribution in [0, 0.1) is 6.92 Å². The minimum atomic E-state index is -3.73. The van der Waals surface area contributed by atoms with Gasteiger partial charge in [0.15, 0.2) is 0 Å². The highest BCUT2D eigenvalue weighted by Crippen LogP contribution is 2.30. The van der Waals surface area contributed by atoms with Crippen molar-refractivity contribution < 1.29 is 17.9 Å². The van der Waals surface area contributed by atoms with Crippen LogP contribution in [0.15, 0.2) is 47.6 Å². The zero-order chi connectivity index (χ0) is 18.7. The van der Waals surface area contributed by atoms with Crippen LogP contribution < -0.4 is 5.32 Å². The number of nitrogens with zero attached hydrogens (tertiary/aromatic N) is 2. The summed E-state index contributed by atoms with van der Waals surface area (Å²) in [5.41, 5.74) is 1.68. The molecule has 2 heterocycles. The van der Waals surface area contributed by atoms with Crippen LogP contribution in [-0.2, 0) is 14.8 Å². The van der Waals surface area contributed by atoms with Gasteiger partial charge >= 0.3 is 5.97 Å². The van der Waals surface area contributed by atoms with Crippen LogP contribution in [-0.4, -0.2) is 50.4 Å². The lowest BCUT2D eigenvalue weighted by Crippen LogP contribution is -2.48. The van der Waals surface area contributed by atoms with Gasteiger partial charge in [0.05, 0.1) is 23.6 Å². The molecule has 0 radical (unpaired) electrons. The Bertz CT molecular complexity index is 906. The van der Waals surface area contributed by atoms with E-state index in [1.165, 1.54) is 23.5 Å². The first-order chi connectivity index (χ1) is 12.4. The standard InChI is InChI=1S/C18H21N3O4S.ClH/c1-13-10-14(18(22)25-2)5-6-17(13)26(23,24)21-9-8-20-12-16(21)15-4-3-7-19-11-15;/h3-7,10-11,16,20H,8-9,12H2,1-2H3;1H. The largest absolute Gasteiger partial charge is 0.465 e. The van der Waals surface area contributed by atoms with Crippen LogP contribution in [0.25, 0.3) is 0 Å². The average Bonchev–Trinajstić information content (AvgIpc) is 2.67. The number of aryl methyl sites for hydroxylation is 1. The number of carbonyl (C=O) groups is 1. The van der Waals surface area contributed by atoms with Gasteiger partial charge in [0.1, 0.15) is 0 Å². The van der Waals surface area contributed by atoms with Gasteiger partial charge in [-0.2, -0.15) is 4.31 Å². The van der Waals surface area contributed by atoms with Crippen LogP contribution in [0.1, 0.15) is 27.5 Å². The first kappa shape index (κ1) is 21.3. The number of halogens is 1. The van der Waals surface area contributed by atoms with Crippen LogP contribution in [0.3, 0.4) is 0 Å². The summed E-state index contributed by atoms with van der Waals surface area (Å²) in [6.45, 7) is 3.14. The first-order valence-corrected chi connectivity index (χ1v) is 9.70. The molecule has 0 bridgehead atoms. The highest BCUT2D eigenvalue weighted by atomic mass is 35.5. The van der Waals surface area contributed by atoms with Crippen molar-refractivity contribution in [3.8, 4) is 0 Å². The van der Waals surface area contributed by atoms with Crippen molar-refractivity contribution in [3.05, 3.63) is 59.4 Å². The zero-order valence-electron chi connectivity index (χ0n) is 15.1. The second kappa shape index (κ2) is 8.79. The third-order valence-electron chi connectivity index (χ3n) is 4.45. The number of ether oxygens (including phenoxy) is 1. The fourth-order valence-electron chi connectivity index (χ4n) is 3.14. The maximum Gasteiger partial charge on any atom is 0.337 e. The molecule has 1 atom stereocenters. The number of pyridine rings is 1. The average molecular weight is 412 g/mol. The minimum absolute atomic E-state index is 0. The van der Waals surface area contributed by atoms with E-state index in [9.17, 15) is 13.2 Å². The second-order valence-corrected chi connectivity index (χ2v) is 7.95. The van der Waals surface area contributed by atoms with Crippen molar-refractivity contribution in [1.29, 1.82) is 0 Å². The highest BCUT2D eigenvalue weighted by molar-refractivity contribution is 7.89. The smallest absolute Gasteiger partial charge is 0.337 e. The van der Waals surface area contributed by atoms with E-state index < -0.39 is 16.0 Å². The van der Waals surface area contributed by atoms with Gasteiger partial charge in [-0.1, -0.05) is 6.07 Å². The van der Waals surface area contributed by atoms with E-state index in [4.69, 9.17) is 4.74 Å². The number of rotatable bonds is 4. The van der Waals surface area contributed by atoms with Crippen LogP contribution >= 0.6 is 12.4 Å². The van der Waals surface area contributed by atoms with E-state index >= 15 is 0 Å². The normalized spacial score (nSPS) is 17.8. The summed E-state index contributed by atoms with van der Waals surface area (Å²) in [5.74, 6) is -0.493. The third kappa shape index (κ3) is 4.30. The number of esters is 1. The van der Waals surface area contributed by atoms with Crippen molar-refractivity contribution in [1.82, 2.24) is 14.6 Å². The first-order valence-electron chi connectivity index (χ1n) is 8.26. The number of benzene rings is 1. The maximum atomic E-state index is 13.3. The number of nitrogens with one attached hydrogen (secondary N) is 1. The molecule has 1 aromatic heterocycles. The molecule has 1 aromatic carbocycles. The predicted octanol–water partition coefficient (Wildman–Crippen LogP) is 1.93. The summed E-state index contributed by atoms with van der Waals surface area (Å²) in [6, 6.07) is 7.83. The van der Waals surface area contributed by atoms with Crippen LogP contribution in [0.5, 0.6) is 0 Å². The molecule has 1 aliphatic heterocycles. The molecule has 2 aromatic rings. The van der Waals surface area contributed by atoms with Gasteiger partial charge in [-0.25, -0.2) is 13.2 Å². The van der Waals surface area contributed by atoms with Crippen molar-refractivity contribution in [2.24, 2.45) is 0 Å². The van der Waals surface area contributed by atoms with Gasteiger partial charge in [-0.15, -0.1) is 12.4 Å². The molecule has 3 rings (SSSR count). The zero-order valence-corrected chi connectivity index (χ0v) is 16.7. The molecule has 7 nitrogen and oxygen atoms in total. The van der Waals surface area contributed by atoms with Gasteiger partial charge < -0.3 is 10.1 Å². The topological polar surface area (TPSA) is 88.6 Å². The monoisotopic (exact) mass is 411 g/mol. The van der Waals surface area contributed by atoms with Crippen molar-refractivity contribution in [3.63, 3.8) is 0 Å². The number of hydrogen-bond acceptors (Lipinski definition) is 6. The van der Waals surface area contributed by atoms with Gasteiger partial charge in [-0.3, -0.25) is 4.98 Å². The molecule has 0 spiro atoms. The molecule has 1 fully saturated rings. The SMILES string of the molecule is COC(=O)c1ccc(S(=O)(=O)N2CCNCC2c2cccnc2)c(C)c1.Cl. The van der Waals surface area contributed by atoms with Crippen molar-refractivity contribution in [2.75, 3.05) is 26.7 Å². The summed E-state index contributed by atoms with van der Waals surface area (Å²) >= 11 is 0. The lowest BCUT2D eigenvalue weighted by Gasteiger charge is -2.35. The Morgan fingerprint density at radius 3 is 2.74 bits per heavy atom. The van der Waals surface area contributed by atoms with E-state index in [0.717, 1.165) is 5.56 Å². The molecule has 146 valence electrons. The fraction of sp³-hybridized carbons (Fsp3) is 0.333. The Morgan fingerprint density at radius 1 is 1.33 bits per heavy atom. The maximum absolute atomic E-state index is 13.3. The number of aromatic nitrogens is 1. The molecule has 1 saturated heterocycles. The number of piperazine rings is 1. The molecule has 0 aliphatic carbocycles.